The average Bonchev–Trinajstić information content (AvgIpc) is 3.35. The lowest BCUT2D eigenvalue weighted by molar-refractivity contribution is -0.144. The van der Waals surface area contributed by atoms with Crippen molar-refractivity contribution < 1.29 is 29.0 Å². The molecule has 10 nitrogen and oxygen atoms in total. The zero-order valence-electron chi connectivity index (χ0n) is 28.5. The minimum atomic E-state index is -1.33. The Labute approximate surface area is 283 Å². The fraction of sp³-hybridized carbons (Fsp3) is 0.500. The minimum Gasteiger partial charge on any atom is -0.494 e. The number of nitrogens with zero attached hydrogens (tertiary/aromatic N) is 4. The molecule has 3 amide bonds. The van der Waals surface area contributed by atoms with Crippen molar-refractivity contribution in [1.29, 1.82) is 0 Å². The molecule has 0 radical (unpaired) electrons. The Balaban J connectivity index is 1.38. The monoisotopic (exact) mass is 656 g/mol. The summed E-state index contributed by atoms with van der Waals surface area (Å²) < 4.78 is 12.6. The number of rotatable bonds is 12. The van der Waals surface area contributed by atoms with Crippen molar-refractivity contribution in [3.63, 3.8) is 0 Å². The van der Waals surface area contributed by atoms with E-state index in [1.165, 1.54) is 0 Å². The molecule has 0 aliphatic carbocycles. The van der Waals surface area contributed by atoms with Gasteiger partial charge >= 0.3 is 0 Å². The van der Waals surface area contributed by atoms with E-state index in [2.05, 4.69) is 18.7 Å². The average molecular weight is 657 g/mol. The van der Waals surface area contributed by atoms with Gasteiger partial charge in [0.2, 0.25) is 11.8 Å². The van der Waals surface area contributed by atoms with Crippen LogP contribution in [-0.2, 0) is 19.1 Å². The maximum atomic E-state index is 14.8. The van der Waals surface area contributed by atoms with Crippen LogP contribution in [-0.4, -0.2) is 90.9 Å². The van der Waals surface area contributed by atoms with E-state index >= 15 is 0 Å². The predicted octanol–water partition coefficient (Wildman–Crippen LogP) is 4.57. The maximum Gasteiger partial charge on any atom is 0.253 e. The highest BCUT2D eigenvalue weighted by Gasteiger charge is 2.74. The minimum absolute atomic E-state index is 0.0641. The van der Waals surface area contributed by atoms with Gasteiger partial charge < -0.3 is 34.2 Å². The molecule has 2 aromatic carbocycles. The van der Waals surface area contributed by atoms with Gasteiger partial charge in [0.05, 0.1) is 24.0 Å². The van der Waals surface area contributed by atoms with E-state index in [0.29, 0.717) is 56.9 Å². The van der Waals surface area contributed by atoms with E-state index in [4.69, 9.17) is 9.47 Å². The Morgan fingerprint density at radius 3 is 2.06 bits per heavy atom. The second-order valence-corrected chi connectivity index (χ2v) is 13.1. The smallest absolute Gasteiger partial charge is 0.253 e. The number of hydrogen-bond acceptors (Lipinski definition) is 7. The van der Waals surface area contributed by atoms with Gasteiger partial charge in [-0.1, -0.05) is 24.3 Å². The third kappa shape index (κ3) is 5.68. The van der Waals surface area contributed by atoms with E-state index in [1.54, 1.807) is 14.7 Å². The number of aliphatic hydroxyl groups excluding tert-OH is 1. The van der Waals surface area contributed by atoms with Gasteiger partial charge in [0.1, 0.15) is 17.4 Å². The highest BCUT2D eigenvalue weighted by Crippen LogP contribution is 2.57. The molecule has 2 aromatic rings. The van der Waals surface area contributed by atoms with Gasteiger partial charge in [0.15, 0.2) is 0 Å². The summed E-state index contributed by atoms with van der Waals surface area (Å²) in [5.74, 6) is -1.71. The molecule has 1 spiro atoms. The molecule has 4 aliphatic heterocycles. The molecule has 1 unspecified atom stereocenters. The second-order valence-electron chi connectivity index (χ2n) is 13.1. The first-order chi connectivity index (χ1) is 23.2. The van der Waals surface area contributed by atoms with Crippen molar-refractivity contribution in [1.82, 2.24) is 4.90 Å². The largest absolute Gasteiger partial charge is 0.494 e. The van der Waals surface area contributed by atoms with Crippen molar-refractivity contribution in [3.8, 4) is 5.75 Å². The molecule has 2 fully saturated rings. The molecule has 0 aromatic heterocycles. The molecule has 0 saturated carbocycles. The number of carbonyl (C=O) groups excluding carboxylic acids is 3. The summed E-state index contributed by atoms with van der Waals surface area (Å²) in [7, 11) is 0. The Morgan fingerprint density at radius 2 is 1.44 bits per heavy atom. The van der Waals surface area contributed by atoms with Crippen molar-refractivity contribution >= 4 is 34.8 Å². The van der Waals surface area contributed by atoms with Crippen molar-refractivity contribution in [2.24, 2.45) is 11.8 Å². The lowest BCUT2D eigenvalue weighted by atomic mass is 9.74. The summed E-state index contributed by atoms with van der Waals surface area (Å²) in [4.78, 5) is 51.5. The van der Waals surface area contributed by atoms with E-state index in [-0.39, 0.29) is 24.3 Å². The van der Waals surface area contributed by atoms with Crippen LogP contribution in [0.5, 0.6) is 5.75 Å². The number of carbonyl (C=O) groups is 3. The van der Waals surface area contributed by atoms with Gasteiger partial charge in [-0.05, 0) is 95.5 Å². The first-order valence-corrected chi connectivity index (χ1v) is 17.4. The standard InChI is InChI=1S/C38H48N4O6/c1-5-39(6-2)27-13-15-28(16-14-27)41-25-12-22-38-32(35(45)42(33(38)36(41)46)23-9-8-10-26-43)31-34(44)40(24-11-21-37(31,4)48-38)29-17-19-30(20-18-29)47-7-3/h11-22,31-33,43H,5-10,23-26H2,1-4H3/t31-,32+,33?,37+,38+/m1/s1. The molecule has 6 rings (SSSR count). The van der Waals surface area contributed by atoms with E-state index < -0.39 is 29.1 Å². The van der Waals surface area contributed by atoms with Crippen molar-refractivity contribution in [3.05, 3.63) is 72.8 Å². The predicted molar refractivity (Wildman–Crippen MR) is 186 cm³/mol. The van der Waals surface area contributed by atoms with Crippen LogP contribution >= 0.6 is 0 Å². The summed E-state index contributed by atoms with van der Waals surface area (Å²) in [6, 6.07) is 14.4. The molecule has 1 N–H and O–H groups in total. The van der Waals surface area contributed by atoms with Gasteiger partial charge in [-0.3, -0.25) is 14.4 Å². The molecule has 48 heavy (non-hydrogen) atoms. The van der Waals surface area contributed by atoms with Crippen LogP contribution in [0.1, 0.15) is 47.0 Å². The highest BCUT2D eigenvalue weighted by atomic mass is 16.5. The quantitative estimate of drug-likeness (QED) is 0.264. The number of fused-ring (bicyclic) bond motifs is 2. The van der Waals surface area contributed by atoms with Gasteiger partial charge in [-0.15, -0.1) is 0 Å². The summed E-state index contributed by atoms with van der Waals surface area (Å²) in [5, 5.41) is 9.40. The molecule has 4 heterocycles. The van der Waals surface area contributed by atoms with Gasteiger partial charge in [-0.25, -0.2) is 0 Å². The fourth-order valence-corrected chi connectivity index (χ4v) is 8.12. The number of benzene rings is 2. The Bertz CT molecular complexity index is 1550. The van der Waals surface area contributed by atoms with Crippen LogP contribution in [0.4, 0.5) is 17.1 Å². The van der Waals surface area contributed by atoms with Crippen LogP contribution < -0.4 is 19.4 Å². The lowest BCUT2D eigenvalue weighted by Crippen LogP contribution is -2.56. The van der Waals surface area contributed by atoms with E-state index in [0.717, 1.165) is 24.5 Å². The third-order valence-electron chi connectivity index (χ3n) is 10.4. The molecule has 2 saturated heterocycles. The molecular formula is C38H48N4O6. The normalized spacial score (nSPS) is 27.9. The highest BCUT2D eigenvalue weighted by molar-refractivity contribution is 6.07. The molecule has 5 atom stereocenters. The number of anilines is 3. The van der Waals surface area contributed by atoms with Crippen LogP contribution in [0.15, 0.2) is 72.8 Å². The maximum absolute atomic E-state index is 14.8. The Morgan fingerprint density at radius 1 is 0.812 bits per heavy atom. The number of unbranched alkanes of at least 4 members (excludes halogenated alkanes) is 2. The molecule has 10 heteroatoms. The molecular weight excluding hydrogens is 608 g/mol. The molecule has 0 bridgehead atoms. The van der Waals surface area contributed by atoms with Crippen molar-refractivity contribution in [2.75, 3.05) is 60.6 Å². The topological polar surface area (TPSA) is 103 Å². The first kappa shape index (κ1) is 33.7. The Hall–Kier alpha value is -4.15. The van der Waals surface area contributed by atoms with Gasteiger partial charge in [-0.2, -0.15) is 0 Å². The number of ether oxygens (including phenoxy) is 2. The number of amides is 3. The van der Waals surface area contributed by atoms with Gasteiger partial charge in [0, 0.05) is 56.4 Å². The first-order valence-electron chi connectivity index (χ1n) is 17.4. The zero-order chi connectivity index (χ0) is 34.1. The molecule has 4 aliphatic rings. The zero-order valence-corrected chi connectivity index (χ0v) is 28.5. The number of aliphatic hydroxyl groups is 1. The van der Waals surface area contributed by atoms with Crippen LogP contribution in [0, 0.1) is 11.8 Å². The lowest BCUT2D eigenvalue weighted by Gasteiger charge is -2.37. The number of hydrogen-bond donors (Lipinski definition) is 1. The molecule has 256 valence electrons. The number of likely N-dealkylation sites (tertiary alicyclic amines) is 1. The summed E-state index contributed by atoms with van der Waals surface area (Å²) in [6.07, 6.45) is 9.56. The summed E-state index contributed by atoms with van der Waals surface area (Å²) >= 11 is 0. The summed E-state index contributed by atoms with van der Waals surface area (Å²) in [6.45, 7) is 11.3. The van der Waals surface area contributed by atoms with Crippen LogP contribution in [0.2, 0.25) is 0 Å². The van der Waals surface area contributed by atoms with Crippen LogP contribution in [0.25, 0.3) is 0 Å². The van der Waals surface area contributed by atoms with E-state index in [9.17, 15) is 19.5 Å². The summed E-state index contributed by atoms with van der Waals surface area (Å²) in [5.41, 5.74) is 0.0820. The SMILES string of the molecule is CCOc1ccc(N2CC=C[C@]3(C)O[C@]45C=CCN(c6ccc(N(CC)CC)cc6)C(=O)C4N(CCCCCO)C(=O)[C@@H]5[C@@H]3C2=O)cc1. The third-order valence-corrected chi connectivity index (χ3v) is 10.4. The second kappa shape index (κ2) is 13.8. The fourth-order valence-electron chi connectivity index (χ4n) is 8.12. The van der Waals surface area contributed by atoms with Gasteiger partial charge in [0.25, 0.3) is 5.91 Å². The Kier molecular flexibility index (Phi) is 9.67. The van der Waals surface area contributed by atoms with E-state index in [1.807, 2.05) is 86.7 Å². The van der Waals surface area contributed by atoms with Crippen molar-refractivity contribution in [2.45, 2.75) is 64.2 Å². The van der Waals surface area contributed by atoms with Crippen LogP contribution in [0.3, 0.4) is 0 Å².